The molecule has 0 saturated heterocycles. The Morgan fingerprint density at radius 2 is 1.59 bits per heavy atom. The molecule has 0 fully saturated rings. The Balaban J connectivity index is 3.16. The van der Waals surface area contributed by atoms with Crippen molar-refractivity contribution in [2.24, 2.45) is 5.41 Å². The zero-order chi connectivity index (χ0) is 16.8. The van der Waals surface area contributed by atoms with Crippen molar-refractivity contribution in [2.45, 2.75) is 40.7 Å². The lowest BCUT2D eigenvalue weighted by Gasteiger charge is -2.27. The van der Waals surface area contributed by atoms with E-state index in [0.717, 1.165) is 0 Å². The minimum absolute atomic E-state index is 0.169. The molecule has 0 saturated carbocycles. The summed E-state index contributed by atoms with van der Waals surface area (Å²) in [6.07, 6.45) is -0.995. The summed E-state index contributed by atoms with van der Waals surface area (Å²) in [5.74, 6) is -0.182. The van der Waals surface area contributed by atoms with Gasteiger partial charge in [-0.1, -0.05) is 51.1 Å². The lowest BCUT2D eigenvalue weighted by atomic mass is 9.85. The quantitative estimate of drug-likeness (QED) is 0.656. The molecule has 0 aromatic heterocycles. The fourth-order valence-corrected chi connectivity index (χ4v) is 3.13. The fourth-order valence-electron chi connectivity index (χ4n) is 1.82. The number of phosphoric acid groups is 1. The molecule has 0 aliphatic rings. The van der Waals surface area contributed by atoms with Gasteiger partial charge < -0.3 is 0 Å². The number of carbonyl (C=O) groups excluding carboxylic acids is 1. The predicted octanol–water partition coefficient (Wildman–Crippen LogP) is 4.54. The number of phosphoric ester groups is 1. The molecule has 0 aliphatic heterocycles. The van der Waals surface area contributed by atoms with E-state index in [1.165, 1.54) is 0 Å². The predicted molar refractivity (Wildman–Crippen MR) is 85.6 cm³/mol. The second-order valence-electron chi connectivity index (χ2n) is 5.79. The monoisotopic (exact) mass is 328 g/mol. The van der Waals surface area contributed by atoms with E-state index in [1.807, 2.05) is 6.07 Å². The highest BCUT2D eigenvalue weighted by Crippen LogP contribution is 2.53. The van der Waals surface area contributed by atoms with Crippen molar-refractivity contribution in [3.8, 4) is 0 Å². The summed E-state index contributed by atoms with van der Waals surface area (Å²) in [6.45, 7) is 9.10. The highest BCUT2D eigenvalue weighted by atomic mass is 31.2. The number of Topliss-reactive ketones (excluding diaryl/α,β-unsaturated/α-hetero) is 1. The maximum Gasteiger partial charge on any atom is 0.475 e. The van der Waals surface area contributed by atoms with Crippen LogP contribution in [-0.4, -0.2) is 19.0 Å². The lowest BCUT2D eigenvalue weighted by molar-refractivity contribution is -0.135. The van der Waals surface area contributed by atoms with Crippen LogP contribution in [0.1, 0.15) is 46.3 Å². The van der Waals surface area contributed by atoms with Gasteiger partial charge in [-0.25, -0.2) is 4.57 Å². The van der Waals surface area contributed by atoms with Crippen molar-refractivity contribution in [1.29, 1.82) is 0 Å². The smallest absolute Gasteiger partial charge is 0.296 e. The molecule has 0 amide bonds. The van der Waals surface area contributed by atoms with Gasteiger partial charge in [-0.3, -0.25) is 18.4 Å². The Hall–Kier alpha value is -1.00. The molecule has 0 heterocycles. The SMILES string of the molecule is CCOP(=O)(OCC)OC(C(=O)C(C)(C)C)c1ccccc1. The standard InChI is InChI=1S/C16H25O5P/c1-6-19-22(18,20-7-2)21-14(15(17)16(3,4)5)13-11-9-8-10-12-13/h8-12,14H,6-7H2,1-5H3. The molecule has 22 heavy (non-hydrogen) atoms. The van der Waals surface area contributed by atoms with Crippen LogP contribution in [0, 0.1) is 5.41 Å². The van der Waals surface area contributed by atoms with E-state index in [0.29, 0.717) is 5.56 Å². The lowest BCUT2D eigenvalue weighted by Crippen LogP contribution is -2.28. The number of rotatable bonds is 8. The van der Waals surface area contributed by atoms with E-state index >= 15 is 0 Å². The van der Waals surface area contributed by atoms with Crippen molar-refractivity contribution in [3.05, 3.63) is 35.9 Å². The molecule has 1 aromatic rings. The van der Waals surface area contributed by atoms with Crippen LogP contribution >= 0.6 is 7.82 Å². The maximum absolute atomic E-state index is 12.7. The first-order valence-electron chi connectivity index (χ1n) is 7.40. The first-order chi connectivity index (χ1) is 10.2. The first-order valence-corrected chi connectivity index (χ1v) is 8.86. The van der Waals surface area contributed by atoms with E-state index < -0.39 is 19.3 Å². The van der Waals surface area contributed by atoms with Gasteiger partial charge in [0.1, 0.15) is 0 Å². The Morgan fingerprint density at radius 3 is 2.00 bits per heavy atom. The Morgan fingerprint density at radius 1 is 1.09 bits per heavy atom. The first kappa shape index (κ1) is 19.0. The Labute approximate surface area is 132 Å². The molecule has 1 unspecified atom stereocenters. The third-order valence-electron chi connectivity index (χ3n) is 2.89. The van der Waals surface area contributed by atoms with Crippen molar-refractivity contribution < 1.29 is 22.9 Å². The van der Waals surface area contributed by atoms with Crippen LogP contribution in [0.15, 0.2) is 30.3 Å². The number of carbonyl (C=O) groups is 1. The molecule has 0 aliphatic carbocycles. The Bertz CT molecular complexity index is 511. The average Bonchev–Trinajstić information content (AvgIpc) is 2.44. The summed E-state index contributed by atoms with van der Waals surface area (Å²) < 4.78 is 28.5. The van der Waals surface area contributed by atoms with Crippen LogP contribution < -0.4 is 0 Å². The van der Waals surface area contributed by atoms with Crippen LogP contribution in [-0.2, 0) is 22.9 Å². The van der Waals surface area contributed by atoms with Gasteiger partial charge in [0.25, 0.3) is 0 Å². The second-order valence-corrected chi connectivity index (χ2v) is 7.41. The van der Waals surface area contributed by atoms with Crippen molar-refractivity contribution in [1.82, 2.24) is 0 Å². The summed E-state index contributed by atoms with van der Waals surface area (Å²) in [5.41, 5.74) is -0.0221. The molecule has 0 spiro atoms. The van der Waals surface area contributed by atoms with Gasteiger partial charge in [0.05, 0.1) is 13.2 Å². The molecule has 0 N–H and O–H groups in total. The Kier molecular flexibility index (Phi) is 6.95. The number of hydrogen-bond acceptors (Lipinski definition) is 5. The molecule has 6 heteroatoms. The molecule has 5 nitrogen and oxygen atoms in total. The van der Waals surface area contributed by atoms with Gasteiger partial charge in [-0.2, -0.15) is 0 Å². The van der Waals surface area contributed by atoms with Gasteiger partial charge in [0.15, 0.2) is 11.9 Å². The largest absolute Gasteiger partial charge is 0.475 e. The highest BCUT2D eigenvalue weighted by Gasteiger charge is 2.38. The summed E-state index contributed by atoms with van der Waals surface area (Å²) in [6, 6.07) is 8.96. The van der Waals surface area contributed by atoms with Crippen LogP contribution in [0.2, 0.25) is 0 Å². The highest BCUT2D eigenvalue weighted by molar-refractivity contribution is 7.48. The summed E-state index contributed by atoms with van der Waals surface area (Å²) >= 11 is 0. The van der Waals surface area contributed by atoms with Gasteiger partial charge in [0.2, 0.25) is 0 Å². The third kappa shape index (κ3) is 5.33. The van der Waals surface area contributed by atoms with Gasteiger partial charge in [-0.15, -0.1) is 0 Å². The average molecular weight is 328 g/mol. The molecule has 1 rings (SSSR count). The van der Waals surface area contributed by atoms with Crippen LogP contribution in [0.3, 0.4) is 0 Å². The molecular formula is C16H25O5P. The van der Waals surface area contributed by atoms with E-state index in [4.69, 9.17) is 13.6 Å². The topological polar surface area (TPSA) is 61.8 Å². The van der Waals surface area contributed by atoms with E-state index in [-0.39, 0.29) is 19.0 Å². The maximum atomic E-state index is 12.7. The van der Waals surface area contributed by atoms with Gasteiger partial charge in [0, 0.05) is 5.41 Å². The van der Waals surface area contributed by atoms with E-state index in [9.17, 15) is 9.36 Å². The summed E-state index contributed by atoms with van der Waals surface area (Å²) in [4.78, 5) is 12.7. The van der Waals surface area contributed by atoms with Crippen LogP contribution in [0.5, 0.6) is 0 Å². The second kappa shape index (κ2) is 8.02. The fraction of sp³-hybridized carbons (Fsp3) is 0.562. The molecule has 1 aromatic carbocycles. The van der Waals surface area contributed by atoms with Crippen molar-refractivity contribution in [2.75, 3.05) is 13.2 Å². The minimum Gasteiger partial charge on any atom is -0.296 e. The normalized spacial score (nSPS) is 13.9. The van der Waals surface area contributed by atoms with E-state index in [1.54, 1.807) is 58.9 Å². The summed E-state index contributed by atoms with van der Waals surface area (Å²) in [7, 11) is -3.79. The number of benzene rings is 1. The van der Waals surface area contributed by atoms with Crippen molar-refractivity contribution >= 4 is 13.6 Å². The van der Waals surface area contributed by atoms with Crippen molar-refractivity contribution in [3.63, 3.8) is 0 Å². The zero-order valence-corrected chi connectivity index (χ0v) is 14.8. The molecule has 1 atom stereocenters. The van der Waals surface area contributed by atoms with Gasteiger partial charge >= 0.3 is 7.82 Å². The number of ketones is 1. The summed E-state index contributed by atoms with van der Waals surface area (Å²) in [5, 5.41) is 0. The minimum atomic E-state index is -3.79. The van der Waals surface area contributed by atoms with Crippen LogP contribution in [0.4, 0.5) is 0 Å². The molecule has 124 valence electrons. The third-order valence-corrected chi connectivity index (χ3v) is 4.51. The van der Waals surface area contributed by atoms with Crippen LogP contribution in [0.25, 0.3) is 0 Å². The van der Waals surface area contributed by atoms with Gasteiger partial charge in [-0.05, 0) is 19.4 Å². The molecule has 0 bridgehead atoms. The van der Waals surface area contributed by atoms with E-state index in [2.05, 4.69) is 0 Å². The zero-order valence-electron chi connectivity index (χ0n) is 13.9. The molecule has 0 radical (unpaired) electrons. The number of hydrogen-bond donors (Lipinski definition) is 0. The molecular weight excluding hydrogens is 303 g/mol.